The molecular formula is C27H24Cl2N2O5. The minimum absolute atomic E-state index is 0.0114. The van der Waals surface area contributed by atoms with E-state index < -0.39 is 0 Å². The van der Waals surface area contributed by atoms with Crippen molar-refractivity contribution in [3.63, 3.8) is 0 Å². The normalized spacial score (nSPS) is 19.2. The average molecular weight is 527 g/mol. The maximum absolute atomic E-state index is 13.3. The fourth-order valence-corrected chi connectivity index (χ4v) is 5.02. The van der Waals surface area contributed by atoms with Gasteiger partial charge in [0.25, 0.3) is 5.91 Å². The number of carbonyl (C=O) groups excluding carboxylic acids is 2. The highest BCUT2D eigenvalue weighted by atomic mass is 35.5. The van der Waals surface area contributed by atoms with Crippen molar-refractivity contribution < 1.29 is 24.2 Å². The van der Waals surface area contributed by atoms with Gasteiger partial charge >= 0.3 is 0 Å². The largest absolute Gasteiger partial charge is 0.504 e. The summed E-state index contributed by atoms with van der Waals surface area (Å²) in [4.78, 5) is 27.9. The lowest BCUT2D eigenvalue weighted by Crippen LogP contribution is -2.40. The number of hydrogen-bond acceptors (Lipinski definition) is 5. The van der Waals surface area contributed by atoms with Crippen molar-refractivity contribution in [3.05, 3.63) is 81.3 Å². The first-order valence-corrected chi connectivity index (χ1v) is 12.3. The number of phenolic OH excluding ortho intramolecular Hbond substituents is 1. The zero-order valence-corrected chi connectivity index (χ0v) is 21.0. The Bertz CT molecular complexity index is 1350. The number of nitrogens with one attached hydrogen (secondary N) is 1. The molecule has 0 unspecified atom stereocenters. The van der Waals surface area contributed by atoms with Gasteiger partial charge in [0.15, 0.2) is 23.0 Å². The number of fused-ring (bicyclic) bond motifs is 6. The highest BCUT2D eigenvalue weighted by Gasteiger charge is 2.38. The zero-order chi connectivity index (χ0) is 25.4. The molecule has 2 aliphatic heterocycles. The van der Waals surface area contributed by atoms with E-state index in [1.165, 1.54) is 0 Å². The predicted molar refractivity (Wildman–Crippen MR) is 137 cm³/mol. The molecule has 0 aromatic heterocycles. The van der Waals surface area contributed by atoms with Crippen LogP contribution in [-0.4, -0.2) is 48.1 Å². The maximum atomic E-state index is 13.3. The van der Waals surface area contributed by atoms with Crippen LogP contribution < -0.4 is 14.8 Å². The van der Waals surface area contributed by atoms with Crippen LogP contribution >= 0.6 is 23.2 Å². The quantitative estimate of drug-likeness (QED) is 0.480. The van der Waals surface area contributed by atoms with Crippen molar-refractivity contribution in [2.75, 3.05) is 20.2 Å². The predicted octanol–water partition coefficient (Wildman–Crippen LogP) is 5.17. The minimum Gasteiger partial charge on any atom is -0.504 e. The highest BCUT2D eigenvalue weighted by Crippen LogP contribution is 2.40. The maximum Gasteiger partial charge on any atom is 0.253 e. The number of hydrogen-bond donors (Lipinski definition) is 2. The van der Waals surface area contributed by atoms with Crippen molar-refractivity contribution >= 4 is 35.0 Å². The van der Waals surface area contributed by atoms with Gasteiger partial charge in [-0.1, -0.05) is 35.3 Å². The number of aromatic hydroxyl groups is 1. The van der Waals surface area contributed by atoms with Gasteiger partial charge in [-0.3, -0.25) is 9.59 Å². The van der Waals surface area contributed by atoms with E-state index in [1.807, 2.05) is 12.1 Å². The molecule has 7 nitrogen and oxygen atoms in total. The number of nitrogens with zero attached hydrogens (tertiary/aromatic N) is 1. The summed E-state index contributed by atoms with van der Waals surface area (Å²) in [6.07, 6.45) is 0.732. The standard InChI is InChI=1S/C27H24Cl2N2O5/c1-35-23-8-5-16-12-25(23)36-24-10-15(2-7-22(24)32)3-9-26(33)30-21-14-31(13-18(16)21)27(34)17-4-6-19(28)20(29)11-17/h2,4-8,10-12,18,21,32H,3,9,13-14H2,1H3,(H,30,33)/t18-,21+/m0/s1. The molecule has 2 N–H and O–H groups in total. The third kappa shape index (κ3) is 4.81. The Labute approximate surface area is 218 Å². The lowest BCUT2D eigenvalue weighted by atomic mass is 9.93. The molecule has 2 heterocycles. The Morgan fingerprint density at radius 2 is 1.86 bits per heavy atom. The Balaban J connectivity index is 1.52. The molecule has 186 valence electrons. The van der Waals surface area contributed by atoms with E-state index in [2.05, 4.69) is 5.32 Å². The summed E-state index contributed by atoms with van der Waals surface area (Å²) in [6.45, 7) is 0.723. The molecule has 1 fully saturated rings. The molecule has 3 aromatic carbocycles. The van der Waals surface area contributed by atoms with Crippen molar-refractivity contribution in [2.24, 2.45) is 0 Å². The number of ether oxygens (including phenoxy) is 2. The molecule has 2 amide bonds. The van der Waals surface area contributed by atoms with Crippen LogP contribution in [0.25, 0.3) is 0 Å². The third-order valence-corrected chi connectivity index (χ3v) is 7.36. The Morgan fingerprint density at radius 1 is 1.03 bits per heavy atom. The van der Waals surface area contributed by atoms with Crippen LogP contribution in [0, 0.1) is 0 Å². The van der Waals surface area contributed by atoms with Crippen LogP contribution in [0.2, 0.25) is 10.0 Å². The Morgan fingerprint density at radius 3 is 2.64 bits per heavy atom. The lowest BCUT2D eigenvalue weighted by Gasteiger charge is -2.21. The van der Waals surface area contributed by atoms with Gasteiger partial charge in [0.05, 0.1) is 23.2 Å². The molecule has 0 radical (unpaired) electrons. The number of methoxy groups -OCH3 is 1. The molecule has 3 aromatic rings. The van der Waals surface area contributed by atoms with E-state index in [0.29, 0.717) is 46.6 Å². The van der Waals surface area contributed by atoms with E-state index in [-0.39, 0.29) is 41.7 Å². The van der Waals surface area contributed by atoms with Crippen molar-refractivity contribution in [1.82, 2.24) is 10.2 Å². The van der Waals surface area contributed by atoms with E-state index in [4.69, 9.17) is 32.7 Å². The molecule has 5 rings (SSSR count). The van der Waals surface area contributed by atoms with Gasteiger partial charge in [0.1, 0.15) is 0 Å². The summed E-state index contributed by atoms with van der Waals surface area (Å²) >= 11 is 12.2. The van der Waals surface area contributed by atoms with Gasteiger partial charge < -0.3 is 24.8 Å². The Hall–Kier alpha value is -3.42. The highest BCUT2D eigenvalue weighted by molar-refractivity contribution is 6.42. The first-order valence-electron chi connectivity index (χ1n) is 11.5. The molecule has 2 atom stereocenters. The summed E-state index contributed by atoms with van der Waals surface area (Å²) in [5.41, 5.74) is 2.15. The first kappa shape index (κ1) is 24.3. The molecule has 4 bridgehead atoms. The molecule has 0 saturated carbocycles. The van der Waals surface area contributed by atoms with E-state index in [9.17, 15) is 14.7 Å². The van der Waals surface area contributed by atoms with Crippen LogP contribution in [0.3, 0.4) is 0 Å². The summed E-state index contributed by atoms with van der Waals surface area (Å²) < 4.78 is 11.6. The van der Waals surface area contributed by atoms with Gasteiger partial charge in [-0.05, 0) is 60.0 Å². The number of phenols is 1. The van der Waals surface area contributed by atoms with Crippen LogP contribution in [-0.2, 0) is 11.2 Å². The fraction of sp³-hybridized carbons (Fsp3) is 0.259. The molecule has 0 spiro atoms. The minimum atomic E-state index is -0.303. The number of likely N-dealkylation sites (tertiary alicyclic amines) is 1. The molecule has 1 saturated heterocycles. The SMILES string of the molecule is COc1ccc2cc1Oc1cc(ccc1O)CCC(=O)N[C@@H]1CN(C(=O)c3ccc(Cl)c(Cl)c3)C[C@@H]21. The summed E-state index contributed by atoms with van der Waals surface area (Å²) in [6, 6.07) is 15.1. The second-order valence-corrected chi connectivity index (χ2v) is 9.75. The Kier molecular flexibility index (Phi) is 6.69. The number of rotatable bonds is 2. The monoisotopic (exact) mass is 526 g/mol. The molecule has 9 heteroatoms. The second-order valence-electron chi connectivity index (χ2n) is 8.93. The number of benzene rings is 3. The third-order valence-electron chi connectivity index (χ3n) is 6.62. The summed E-state index contributed by atoms with van der Waals surface area (Å²) in [5.74, 6) is 0.705. The molecular weight excluding hydrogens is 503 g/mol. The van der Waals surface area contributed by atoms with E-state index >= 15 is 0 Å². The van der Waals surface area contributed by atoms with E-state index in [0.717, 1.165) is 11.1 Å². The van der Waals surface area contributed by atoms with Crippen LogP contribution in [0.4, 0.5) is 0 Å². The first-order chi connectivity index (χ1) is 17.3. The number of amides is 2. The smallest absolute Gasteiger partial charge is 0.253 e. The number of aryl methyl sites for hydroxylation is 1. The number of halogens is 2. The number of carbonyl (C=O) groups is 2. The fourth-order valence-electron chi connectivity index (χ4n) is 4.72. The summed E-state index contributed by atoms with van der Waals surface area (Å²) in [5, 5.41) is 14.2. The molecule has 0 aliphatic carbocycles. The van der Waals surface area contributed by atoms with Gasteiger partial charge in [-0.2, -0.15) is 0 Å². The average Bonchev–Trinajstić information content (AvgIpc) is 3.28. The van der Waals surface area contributed by atoms with Crippen molar-refractivity contribution in [2.45, 2.75) is 24.8 Å². The summed E-state index contributed by atoms with van der Waals surface area (Å²) in [7, 11) is 1.54. The van der Waals surface area contributed by atoms with Gasteiger partial charge in [-0.25, -0.2) is 0 Å². The van der Waals surface area contributed by atoms with Crippen LogP contribution in [0.15, 0.2) is 54.6 Å². The van der Waals surface area contributed by atoms with Crippen molar-refractivity contribution in [1.29, 1.82) is 0 Å². The van der Waals surface area contributed by atoms with Gasteiger partial charge in [-0.15, -0.1) is 0 Å². The van der Waals surface area contributed by atoms with Crippen LogP contribution in [0.1, 0.15) is 33.8 Å². The lowest BCUT2D eigenvalue weighted by molar-refractivity contribution is -0.121. The topological polar surface area (TPSA) is 88.1 Å². The molecule has 36 heavy (non-hydrogen) atoms. The van der Waals surface area contributed by atoms with Gasteiger partial charge in [0.2, 0.25) is 5.91 Å². The van der Waals surface area contributed by atoms with Crippen LogP contribution in [0.5, 0.6) is 23.0 Å². The van der Waals surface area contributed by atoms with E-state index in [1.54, 1.807) is 54.5 Å². The zero-order valence-electron chi connectivity index (χ0n) is 19.5. The van der Waals surface area contributed by atoms with Crippen molar-refractivity contribution in [3.8, 4) is 23.0 Å². The van der Waals surface area contributed by atoms with Gasteiger partial charge in [0, 0.05) is 31.0 Å². The second kappa shape index (κ2) is 9.91. The molecule has 2 aliphatic rings.